The number of aromatic nitrogens is 2. The number of halogens is 2. The van der Waals surface area contributed by atoms with Crippen LogP contribution in [0.1, 0.15) is 11.1 Å². The lowest BCUT2D eigenvalue weighted by molar-refractivity contribution is -0.115. The van der Waals surface area contributed by atoms with Gasteiger partial charge in [0.25, 0.3) is 0 Å². The molecule has 7 nitrogen and oxygen atoms in total. The van der Waals surface area contributed by atoms with Crippen molar-refractivity contribution in [3.8, 4) is 11.8 Å². The molecule has 0 aliphatic carbocycles. The van der Waals surface area contributed by atoms with E-state index in [9.17, 15) is 17.8 Å². The van der Waals surface area contributed by atoms with Crippen LogP contribution in [0, 0.1) is 23.0 Å². The van der Waals surface area contributed by atoms with Crippen LogP contribution in [-0.4, -0.2) is 19.9 Å². The number of hydrogen-bond donors (Lipinski definition) is 2. The van der Waals surface area contributed by atoms with Crippen LogP contribution in [0.3, 0.4) is 0 Å². The molecule has 0 spiro atoms. The first-order valence-corrected chi connectivity index (χ1v) is 9.07. The Labute approximate surface area is 161 Å². The first kappa shape index (κ1) is 19.3. The largest absolute Gasteiger partial charge is 0.326 e. The van der Waals surface area contributed by atoms with E-state index in [2.05, 4.69) is 10.4 Å². The van der Waals surface area contributed by atoms with Gasteiger partial charge in [0.1, 0.15) is 28.7 Å². The van der Waals surface area contributed by atoms with Gasteiger partial charge in [0, 0.05) is 18.0 Å². The van der Waals surface area contributed by atoms with Gasteiger partial charge in [0.05, 0.1) is 28.8 Å². The molecule has 0 aliphatic rings. The highest BCUT2D eigenvalue weighted by Gasteiger charge is 2.13. The number of carbonyl (C=O) groups excluding carboxylic acids is 1. The summed E-state index contributed by atoms with van der Waals surface area (Å²) in [5, 5.41) is 21.0. The summed E-state index contributed by atoms with van der Waals surface area (Å²) >= 11 is 0. The average Bonchev–Trinajstić information content (AvgIpc) is 3.09. The van der Waals surface area contributed by atoms with Crippen LogP contribution in [0.15, 0.2) is 53.7 Å². The SMILES string of the molecule is N#Cc1cnn(-c2ccc(NC(=O)Cc3cc(F)cc(F)c3)cc2S(N)=O)c1. The standard InChI is InChI=1S/C18H13F2N5O2S/c19-13-3-11(4-14(20)6-13)5-18(26)24-15-1-2-16(17(7-15)28(22)27)25-10-12(8-21)9-23-25/h1-4,6-7,9-10H,5,22H2,(H,24,26). The predicted molar refractivity (Wildman–Crippen MR) is 97.6 cm³/mol. The van der Waals surface area contributed by atoms with Gasteiger partial charge in [-0.25, -0.2) is 22.8 Å². The lowest BCUT2D eigenvalue weighted by Crippen LogP contribution is -2.16. The van der Waals surface area contributed by atoms with Gasteiger partial charge < -0.3 is 5.32 Å². The van der Waals surface area contributed by atoms with Crippen LogP contribution >= 0.6 is 0 Å². The molecule has 28 heavy (non-hydrogen) atoms. The molecule has 3 N–H and O–H groups in total. The second kappa shape index (κ2) is 8.08. The maximum Gasteiger partial charge on any atom is 0.228 e. The highest BCUT2D eigenvalue weighted by Crippen LogP contribution is 2.22. The molecule has 10 heteroatoms. The number of carbonyl (C=O) groups is 1. The summed E-state index contributed by atoms with van der Waals surface area (Å²) < 4.78 is 39.7. The Morgan fingerprint density at radius 1 is 1.25 bits per heavy atom. The van der Waals surface area contributed by atoms with Crippen molar-refractivity contribution in [3.63, 3.8) is 0 Å². The zero-order chi connectivity index (χ0) is 20.3. The molecule has 1 amide bonds. The Balaban J connectivity index is 1.82. The van der Waals surface area contributed by atoms with Crippen LogP contribution in [0.5, 0.6) is 0 Å². The van der Waals surface area contributed by atoms with Crippen molar-refractivity contribution in [1.82, 2.24) is 9.78 Å². The second-order valence-corrected chi connectivity index (χ2v) is 6.80. The monoisotopic (exact) mass is 401 g/mol. The van der Waals surface area contributed by atoms with E-state index in [0.29, 0.717) is 16.9 Å². The highest BCUT2D eigenvalue weighted by molar-refractivity contribution is 7.82. The van der Waals surface area contributed by atoms with Crippen LogP contribution in [-0.2, 0) is 22.2 Å². The summed E-state index contributed by atoms with van der Waals surface area (Å²) in [7, 11) is -1.90. The minimum atomic E-state index is -1.90. The zero-order valence-corrected chi connectivity index (χ0v) is 15.0. The minimum absolute atomic E-state index is 0.176. The molecular weight excluding hydrogens is 388 g/mol. The van der Waals surface area contributed by atoms with E-state index in [0.717, 1.165) is 18.2 Å². The van der Waals surface area contributed by atoms with E-state index in [1.54, 1.807) is 0 Å². The molecule has 0 saturated carbocycles. The van der Waals surface area contributed by atoms with Crippen molar-refractivity contribution in [2.75, 3.05) is 5.32 Å². The van der Waals surface area contributed by atoms with Gasteiger partial charge in [-0.05, 0) is 35.9 Å². The number of nitriles is 1. The van der Waals surface area contributed by atoms with Crippen molar-refractivity contribution in [2.45, 2.75) is 11.3 Å². The molecule has 0 aliphatic heterocycles. The second-order valence-electron chi connectivity index (χ2n) is 5.77. The number of nitrogens with zero attached hydrogens (tertiary/aromatic N) is 3. The third-order valence-electron chi connectivity index (χ3n) is 3.71. The van der Waals surface area contributed by atoms with E-state index in [1.807, 2.05) is 6.07 Å². The minimum Gasteiger partial charge on any atom is -0.326 e. The molecule has 1 unspecified atom stereocenters. The molecule has 3 aromatic rings. The summed E-state index contributed by atoms with van der Waals surface area (Å²) in [6, 6.07) is 9.25. The van der Waals surface area contributed by atoms with Gasteiger partial charge in [-0.3, -0.25) is 4.79 Å². The van der Waals surface area contributed by atoms with E-state index in [1.165, 1.54) is 35.3 Å². The Kier molecular flexibility index (Phi) is 5.58. The lowest BCUT2D eigenvalue weighted by Gasteiger charge is -2.11. The van der Waals surface area contributed by atoms with Gasteiger partial charge >= 0.3 is 0 Å². The van der Waals surface area contributed by atoms with Crippen molar-refractivity contribution < 1.29 is 17.8 Å². The fraction of sp³-hybridized carbons (Fsp3) is 0.0556. The van der Waals surface area contributed by atoms with Crippen molar-refractivity contribution in [3.05, 3.63) is 71.6 Å². The number of hydrogen-bond acceptors (Lipinski definition) is 4. The van der Waals surface area contributed by atoms with E-state index in [4.69, 9.17) is 10.4 Å². The molecule has 142 valence electrons. The number of anilines is 1. The molecule has 1 aromatic heterocycles. The Morgan fingerprint density at radius 2 is 1.96 bits per heavy atom. The number of rotatable bonds is 5. The zero-order valence-electron chi connectivity index (χ0n) is 14.2. The fourth-order valence-corrected chi connectivity index (χ4v) is 3.17. The van der Waals surface area contributed by atoms with Gasteiger partial charge in [0.2, 0.25) is 5.91 Å². The first-order valence-electron chi connectivity index (χ1n) is 7.86. The molecule has 0 saturated heterocycles. The van der Waals surface area contributed by atoms with Crippen LogP contribution in [0.2, 0.25) is 0 Å². The Morgan fingerprint density at radius 3 is 2.57 bits per heavy atom. The molecule has 3 rings (SSSR count). The molecule has 1 atom stereocenters. The van der Waals surface area contributed by atoms with E-state index in [-0.39, 0.29) is 16.9 Å². The maximum absolute atomic E-state index is 13.2. The third kappa shape index (κ3) is 4.46. The molecular formula is C18H13F2N5O2S. The van der Waals surface area contributed by atoms with E-state index >= 15 is 0 Å². The smallest absolute Gasteiger partial charge is 0.228 e. The summed E-state index contributed by atoms with van der Waals surface area (Å²) in [5.41, 5.74) is 1.17. The molecule has 2 aromatic carbocycles. The number of nitrogens with one attached hydrogen (secondary N) is 1. The summed E-state index contributed by atoms with van der Waals surface area (Å²) in [4.78, 5) is 12.3. The average molecular weight is 401 g/mol. The van der Waals surface area contributed by atoms with Crippen molar-refractivity contribution in [2.24, 2.45) is 5.14 Å². The van der Waals surface area contributed by atoms with Crippen LogP contribution in [0.25, 0.3) is 5.69 Å². The van der Waals surface area contributed by atoms with E-state index < -0.39 is 28.5 Å². The molecule has 0 radical (unpaired) electrons. The summed E-state index contributed by atoms with van der Waals surface area (Å²) in [6.45, 7) is 0. The van der Waals surface area contributed by atoms with Crippen molar-refractivity contribution >= 4 is 22.6 Å². The highest BCUT2D eigenvalue weighted by atomic mass is 32.2. The quantitative estimate of drug-likeness (QED) is 0.682. The lowest BCUT2D eigenvalue weighted by atomic mass is 10.1. The topological polar surface area (TPSA) is 114 Å². The maximum atomic E-state index is 13.2. The fourth-order valence-electron chi connectivity index (χ4n) is 2.56. The Bertz CT molecular complexity index is 1100. The van der Waals surface area contributed by atoms with Crippen molar-refractivity contribution in [1.29, 1.82) is 5.26 Å². The summed E-state index contributed by atoms with van der Waals surface area (Å²) in [6.07, 6.45) is 2.54. The molecule has 0 fully saturated rings. The van der Waals surface area contributed by atoms with Crippen LogP contribution in [0.4, 0.5) is 14.5 Å². The molecule has 0 bridgehead atoms. The van der Waals surface area contributed by atoms with Gasteiger partial charge in [0.15, 0.2) is 0 Å². The normalized spacial score (nSPS) is 11.6. The predicted octanol–water partition coefficient (Wildman–Crippen LogP) is 2.18. The Hall–Kier alpha value is -3.42. The number of benzene rings is 2. The first-order chi connectivity index (χ1) is 13.4. The van der Waals surface area contributed by atoms with Gasteiger partial charge in [-0.1, -0.05) is 0 Å². The number of amides is 1. The van der Waals surface area contributed by atoms with Crippen LogP contribution < -0.4 is 10.5 Å². The number of nitrogens with two attached hydrogens (primary N) is 1. The summed E-state index contributed by atoms with van der Waals surface area (Å²) in [5.74, 6) is -2.06. The van der Waals surface area contributed by atoms with Gasteiger partial charge in [-0.2, -0.15) is 10.4 Å². The third-order valence-corrected chi connectivity index (χ3v) is 4.47. The van der Waals surface area contributed by atoms with Gasteiger partial charge in [-0.15, -0.1) is 0 Å². The molecule has 1 heterocycles.